The largest absolute Gasteiger partial charge is 0.463 e. The van der Waals surface area contributed by atoms with Gasteiger partial charge in [-0.15, -0.1) is 0 Å². The van der Waals surface area contributed by atoms with Gasteiger partial charge in [-0.3, -0.25) is 4.79 Å². The van der Waals surface area contributed by atoms with E-state index in [2.05, 4.69) is 5.32 Å². The van der Waals surface area contributed by atoms with Crippen molar-refractivity contribution in [1.82, 2.24) is 5.32 Å². The summed E-state index contributed by atoms with van der Waals surface area (Å²) in [5.74, 6) is -1.09. The minimum Gasteiger partial charge on any atom is -0.463 e. The minimum atomic E-state index is -0.993. The molecule has 1 aliphatic rings. The summed E-state index contributed by atoms with van der Waals surface area (Å²) in [6.07, 6.45) is 1.83. The number of amides is 1. The quantitative estimate of drug-likeness (QED) is 0.693. The van der Waals surface area contributed by atoms with Gasteiger partial charge in [0.25, 0.3) is 0 Å². The summed E-state index contributed by atoms with van der Waals surface area (Å²) >= 11 is 0. The van der Waals surface area contributed by atoms with Crippen LogP contribution in [-0.4, -0.2) is 47.9 Å². The Balaban J connectivity index is 3.11. The summed E-state index contributed by atoms with van der Waals surface area (Å²) in [5, 5.41) is 13.2. The van der Waals surface area contributed by atoms with Gasteiger partial charge in [0.2, 0.25) is 5.91 Å². The zero-order valence-electron chi connectivity index (χ0n) is 14.7. The van der Waals surface area contributed by atoms with Gasteiger partial charge in [0, 0.05) is 12.8 Å². The number of carbonyl (C=O) groups is 2. The van der Waals surface area contributed by atoms with Crippen molar-refractivity contribution in [2.45, 2.75) is 71.8 Å². The summed E-state index contributed by atoms with van der Waals surface area (Å²) in [7, 11) is 0. The highest BCUT2D eigenvalue weighted by atomic mass is 16.5. The van der Waals surface area contributed by atoms with E-state index in [4.69, 9.17) is 9.47 Å². The fraction of sp³-hybridized carbons (Fsp3) is 0.765. The van der Waals surface area contributed by atoms with Crippen LogP contribution in [0.25, 0.3) is 0 Å². The van der Waals surface area contributed by atoms with Crippen molar-refractivity contribution < 1.29 is 24.2 Å². The van der Waals surface area contributed by atoms with E-state index in [1.807, 2.05) is 13.8 Å². The second kappa shape index (κ2) is 9.03. The second-order valence-corrected chi connectivity index (χ2v) is 5.91. The molecular formula is C17H29NO5. The molecule has 0 aromatic carbocycles. The van der Waals surface area contributed by atoms with Gasteiger partial charge in [-0.2, -0.15) is 0 Å². The molecular weight excluding hydrogens is 298 g/mol. The first kappa shape index (κ1) is 19.6. The van der Waals surface area contributed by atoms with Crippen LogP contribution in [0.15, 0.2) is 11.6 Å². The number of carbonyl (C=O) groups excluding carboxylic acids is 2. The lowest BCUT2D eigenvalue weighted by Gasteiger charge is -2.39. The lowest BCUT2D eigenvalue weighted by molar-refractivity contribution is -0.141. The molecule has 0 bridgehead atoms. The number of hydrogen-bond donors (Lipinski definition) is 2. The van der Waals surface area contributed by atoms with Gasteiger partial charge >= 0.3 is 5.97 Å². The average Bonchev–Trinajstić information content (AvgIpc) is 2.51. The van der Waals surface area contributed by atoms with Crippen molar-refractivity contribution in [3.05, 3.63) is 11.6 Å². The van der Waals surface area contributed by atoms with Crippen molar-refractivity contribution in [3.8, 4) is 0 Å². The fourth-order valence-electron chi connectivity index (χ4n) is 2.84. The zero-order valence-corrected chi connectivity index (χ0v) is 14.7. The van der Waals surface area contributed by atoms with E-state index in [9.17, 15) is 14.7 Å². The van der Waals surface area contributed by atoms with Gasteiger partial charge in [-0.05, 0) is 25.8 Å². The van der Waals surface area contributed by atoms with Gasteiger partial charge in [-0.25, -0.2) is 4.79 Å². The topological polar surface area (TPSA) is 84.9 Å². The van der Waals surface area contributed by atoms with Crippen LogP contribution in [0.1, 0.15) is 47.5 Å². The molecule has 1 amide bonds. The van der Waals surface area contributed by atoms with Gasteiger partial charge in [0.15, 0.2) is 0 Å². The summed E-state index contributed by atoms with van der Waals surface area (Å²) < 4.78 is 11.1. The molecule has 132 valence electrons. The van der Waals surface area contributed by atoms with E-state index in [-0.39, 0.29) is 36.2 Å². The highest BCUT2D eigenvalue weighted by Gasteiger charge is 2.41. The lowest BCUT2D eigenvalue weighted by atomic mass is 9.81. The summed E-state index contributed by atoms with van der Waals surface area (Å²) in [4.78, 5) is 23.6. The van der Waals surface area contributed by atoms with Crippen molar-refractivity contribution in [1.29, 1.82) is 0 Å². The molecule has 1 rings (SSSR count). The molecule has 0 aromatic rings. The molecule has 6 heteroatoms. The smallest absolute Gasteiger partial charge is 0.336 e. The Labute approximate surface area is 138 Å². The number of esters is 1. The summed E-state index contributed by atoms with van der Waals surface area (Å²) in [6, 6.07) is -0.388. The highest BCUT2D eigenvalue weighted by molar-refractivity contribution is 5.90. The van der Waals surface area contributed by atoms with Crippen molar-refractivity contribution in [2.75, 3.05) is 6.61 Å². The van der Waals surface area contributed by atoms with E-state index in [1.165, 1.54) is 6.92 Å². The number of aliphatic hydroxyl groups is 1. The van der Waals surface area contributed by atoms with Crippen molar-refractivity contribution in [3.63, 3.8) is 0 Å². The molecule has 0 spiro atoms. The third-order valence-electron chi connectivity index (χ3n) is 4.22. The first-order valence-electron chi connectivity index (χ1n) is 8.35. The molecule has 2 N–H and O–H groups in total. The van der Waals surface area contributed by atoms with E-state index in [1.54, 1.807) is 19.9 Å². The van der Waals surface area contributed by atoms with Crippen LogP contribution in [0.3, 0.4) is 0 Å². The van der Waals surface area contributed by atoms with Crippen LogP contribution in [0.2, 0.25) is 0 Å². The Morgan fingerprint density at radius 1 is 1.30 bits per heavy atom. The van der Waals surface area contributed by atoms with Gasteiger partial charge in [-0.1, -0.05) is 20.8 Å². The second-order valence-electron chi connectivity index (χ2n) is 5.91. The molecule has 0 saturated carbocycles. The fourth-order valence-corrected chi connectivity index (χ4v) is 2.84. The van der Waals surface area contributed by atoms with Crippen LogP contribution >= 0.6 is 0 Å². The van der Waals surface area contributed by atoms with Crippen molar-refractivity contribution in [2.24, 2.45) is 5.92 Å². The predicted molar refractivity (Wildman–Crippen MR) is 86.7 cm³/mol. The molecule has 0 unspecified atom stereocenters. The molecule has 0 heterocycles. The SMILES string of the molecule is CCOC(=O)C1=C[C@@H](OC(CC)CC)[C@H](NC(C)=O)[C@H](C)[C@@H]1O. The Hall–Kier alpha value is -1.40. The third kappa shape index (κ3) is 5.04. The van der Waals surface area contributed by atoms with Gasteiger partial charge < -0.3 is 19.9 Å². The number of ether oxygens (including phenoxy) is 2. The van der Waals surface area contributed by atoms with Crippen LogP contribution in [0.4, 0.5) is 0 Å². The maximum Gasteiger partial charge on any atom is 0.336 e. The predicted octanol–water partition coefficient (Wildman–Crippen LogP) is 1.56. The molecule has 0 aromatic heterocycles. The lowest BCUT2D eigenvalue weighted by Crippen LogP contribution is -2.55. The minimum absolute atomic E-state index is 0.0263. The first-order valence-corrected chi connectivity index (χ1v) is 8.35. The van der Waals surface area contributed by atoms with Gasteiger partial charge in [0.1, 0.15) is 0 Å². The molecule has 4 atom stereocenters. The van der Waals surface area contributed by atoms with Crippen LogP contribution in [0, 0.1) is 5.92 Å². The molecule has 6 nitrogen and oxygen atoms in total. The molecule has 0 aliphatic heterocycles. The first-order chi connectivity index (χ1) is 10.8. The van der Waals surface area contributed by atoms with E-state index in [0.29, 0.717) is 0 Å². The summed E-state index contributed by atoms with van der Waals surface area (Å²) in [6.45, 7) is 9.23. The number of nitrogens with one attached hydrogen (secondary N) is 1. The van der Waals surface area contributed by atoms with E-state index < -0.39 is 18.2 Å². The number of rotatable bonds is 7. The molecule has 23 heavy (non-hydrogen) atoms. The average molecular weight is 327 g/mol. The maximum atomic E-state index is 12.1. The molecule has 1 aliphatic carbocycles. The Kier molecular flexibility index (Phi) is 7.72. The van der Waals surface area contributed by atoms with Crippen LogP contribution < -0.4 is 5.32 Å². The van der Waals surface area contributed by atoms with Crippen molar-refractivity contribution >= 4 is 11.9 Å². The molecule has 0 fully saturated rings. The monoisotopic (exact) mass is 327 g/mol. The highest BCUT2D eigenvalue weighted by Crippen LogP contribution is 2.29. The number of aliphatic hydroxyl groups excluding tert-OH is 1. The van der Waals surface area contributed by atoms with E-state index in [0.717, 1.165) is 12.8 Å². The zero-order chi connectivity index (χ0) is 17.6. The Morgan fingerprint density at radius 3 is 2.39 bits per heavy atom. The third-order valence-corrected chi connectivity index (χ3v) is 4.22. The van der Waals surface area contributed by atoms with Gasteiger partial charge in [0.05, 0.1) is 36.5 Å². The van der Waals surface area contributed by atoms with Crippen LogP contribution in [-0.2, 0) is 19.1 Å². The van der Waals surface area contributed by atoms with E-state index >= 15 is 0 Å². The maximum absolute atomic E-state index is 12.1. The normalized spacial score (nSPS) is 27.5. The molecule has 0 saturated heterocycles. The molecule has 0 radical (unpaired) electrons. The Morgan fingerprint density at radius 2 is 1.91 bits per heavy atom. The standard InChI is InChI=1S/C17H29NO5/c1-6-12(7-2)23-14-9-13(17(21)22-8-3)16(20)10(4)15(14)18-11(5)19/h9-10,12,14-16,20H,6-8H2,1-5H3,(H,18,19)/t10-,14+,15+,16-/m0/s1. The summed E-state index contributed by atoms with van der Waals surface area (Å²) in [5.41, 5.74) is 0.205. The Bertz CT molecular complexity index is 444. The van der Waals surface area contributed by atoms with Crippen LogP contribution in [0.5, 0.6) is 0 Å². The number of hydrogen-bond acceptors (Lipinski definition) is 5.